The SMILES string of the molecule is O=C(CSc1nnc(-c2ccc(F)cc2)n1CCN1CCOCC1)NCCc1cccs1. The number of thiophene rings is 1. The Morgan fingerprint density at radius 2 is 1.97 bits per heavy atom. The molecule has 0 saturated carbocycles. The van der Waals surface area contributed by atoms with Crippen LogP contribution in [0.2, 0.25) is 0 Å². The van der Waals surface area contributed by atoms with E-state index in [2.05, 4.69) is 26.5 Å². The molecule has 3 heterocycles. The van der Waals surface area contributed by atoms with Crippen LogP contribution in [0.25, 0.3) is 11.4 Å². The molecule has 0 atom stereocenters. The van der Waals surface area contributed by atoms with Crippen molar-refractivity contribution < 1.29 is 13.9 Å². The number of carbonyl (C=O) groups is 1. The number of amides is 1. The Morgan fingerprint density at radius 3 is 2.72 bits per heavy atom. The van der Waals surface area contributed by atoms with Crippen LogP contribution >= 0.6 is 23.1 Å². The van der Waals surface area contributed by atoms with Crippen molar-refractivity contribution >= 4 is 29.0 Å². The zero-order valence-electron chi connectivity index (χ0n) is 17.7. The summed E-state index contributed by atoms with van der Waals surface area (Å²) in [7, 11) is 0. The summed E-state index contributed by atoms with van der Waals surface area (Å²) in [5.41, 5.74) is 0.799. The molecule has 1 aliphatic heterocycles. The van der Waals surface area contributed by atoms with Crippen molar-refractivity contribution in [1.29, 1.82) is 0 Å². The van der Waals surface area contributed by atoms with E-state index in [4.69, 9.17) is 4.74 Å². The maximum Gasteiger partial charge on any atom is 0.230 e. The van der Waals surface area contributed by atoms with E-state index in [1.54, 1.807) is 23.5 Å². The Labute approximate surface area is 195 Å². The van der Waals surface area contributed by atoms with Gasteiger partial charge in [0.15, 0.2) is 11.0 Å². The zero-order chi connectivity index (χ0) is 22.2. The fourth-order valence-electron chi connectivity index (χ4n) is 3.44. The lowest BCUT2D eigenvalue weighted by Gasteiger charge is -2.27. The molecular formula is C22H26FN5O2S2. The normalized spacial score (nSPS) is 14.5. The van der Waals surface area contributed by atoms with Gasteiger partial charge in [0.2, 0.25) is 5.91 Å². The average molecular weight is 476 g/mol. The molecule has 1 N–H and O–H groups in total. The number of ether oxygens (including phenoxy) is 1. The first kappa shape index (κ1) is 22.9. The average Bonchev–Trinajstić information content (AvgIpc) is 3.47. The smallest absolute Gasteiger partial charge is 0.230 e. The first-order valence-corrected chi connectivity index (χ1v) is 12.5. The van der Waals surface area contributed by atoms with Gasteiger partial charge in [-0.05, 0) is 42.1 Å². The number of halogens is 1. The topological polar surface area (TPSA) is 72.3 Å². The van der Waals surface area contributed by atoms with Crippen molar-refractivity contribution in [1.82, 2.24) is 25.0 Å². The van der Waals surface area contributed by atoms with Crippen LogP contribution in [0.1, 0.15) is 4.88 Å². The standard InChI is InChI=1S/C22H26FN5O2S2/c23-18-5-3-17(4-6-18)21-25-26-22(28(21)10-9-27-11-13-30-14-12-27)32-16-20(29)24-8-7-19-2-1-15-31-19/h1-6,15H,7-14,16H2,(H,24,29). The number of hydrogen-bond donors (Lipinski definition) is 1. The minimum absolute atomic E-state index is 0.0300. The van der Waals surface area contributed by atoms with Crippen LogP contribution in [0.5, 0.6) is 0 Å². The number of morpholine rings is 1. The van der Waals surface area contributed by atoms with E-state index in [0.29, 0.717) is 24.1 Å². The second-order valence-electron chi connectivity index (χ2n) is 7.39. The van der Waals surface area contributed by atoms with Crippen molar-refractivity contribution in [3.63, 3.8) is 0 Å². The summed E-state index contributed by atoms with van der Waals surface area (Å²) < 4.78 is 20.8. The largest absolute Gasteiger partial charge is 0.379 e. The van der Waals surface area contributed by atoms with Gasteiger partial charge < -0.3 is 14.6 Å². The molecule has 2 aromatic heterocycles. The minimum atomic E-state index is -0.290. The second kappa shape index (κ2) is 11.6. The molecule has 1 aliphatic rings. The fourth-order valence-corrected chi connectivity index (χ4v) is 4.94. The number of carbonyl (C=O) groups excluding carboxylic acids is 1. The molecule has 0 spiro atoms. The molecule has 3 aromatic rings. The van der Waals surface area contributed by atoms with E-state index in [1.165, 1.54) is 28.8 Å². The molecule has 170 valence electrons. The molecule has 0 aliphatic carbocycles. The first-order valence-electron chi connectivity index (χ1n) is 10.6. The third-order valence-electron chi connectivity index (χ3n) is 5.17. The number of nitrogens with one attached hydrogen (secondary N) is 1. The highest BCUT2D eigenvalue weighted by molar-refractivity contribution is 7.99. The summed E-state index contributed by atoms with van der Waals surface area (Å²) >= 11 is 3.06. The molecule has 1 amide bonds. The van der Waals surface area contributed by atoms with E-state index >= 15 is 0 Å². The summed E-state index contributed by atoms with van der Waals surface area (Å²) in [4.78, 5) is 15.9. The van der Waals surface area contributed by atoms with Crippen LogP contribution in [0, 0.1) is 5.82 Å². The molecule has 0 bridgehead atoms. The molecule has 0 radical (unpaired) electrons. The van der Waals surface area contributed by atoms with E-state index in [9.17, 15) is 9.18 Å². The van der Waals surface area contributed by atoms with Gasteiger partial charge in [-0.2, -0.15) is 0 Å². The summed E-state index contributed by atoms with van der Waals surface area (Å²) in [5.74, 6) is 0.627. The van der Waals surface area contributed by atoms with Crippen molar-refractivity contribution in [3.8, 4) is 11.4 Å². The molecule has 1 fully saturated rings. The molecule has 1 saturated heterocycles. The second-order valence-corrected chi connectivity index (χ2v) is 9.36. The number of nitrogens with zero attached hydrogens (tertiary/aromatic N) is 4. The molecule has 10 heteroatoms. The highest BCUT2D eigenvalue weighted by Gasteiger charge is 2.18. The summed E-state index contributed by atoms with van der Waals surface area (Å²) in [5, 5.41) is 14.4. The summed E-state index contributed by atoms with van der Waals surface area (Å²) in [6, 6.07) is 10.3. The van der Waals surface area contributed by atoms with Crippen LogP contribution in [-0.2, 0) is 22.5 Å². The highest BCUT2D eigenvalue weighted by Crippen LogP contribution is 2.24. The molecule has 7 nitrogen and oxygen atoms in total. The minimum Gasteiger partial charge on any atom is -0.379 e. The van der Waals surface area contributed by atoms with Crippen molar-refractivity contribution in [2.75, 3.05) is 45.1 Å². The third-order valence-corrected chi connectivity index (χ3v) is 7.07. The van der Waals surface area contributed by atoms with Crippen molar-refractivity contribution in [2.45, 2.75) is 18.1 Å². The lowest BCUT2D eigenvalue weighted by molar-refractivity contribution is -0.118. The quantitative estimate of drug-likeness (QED) is 0.455. The lowest BCUT2D eigenvalue weighted by Crippen LogP contribution is -2.38. The predicted octanol–water partition coefficient (Wildman–Crippen LogP) is 2.93. The van der Waals surface area contributed by atoms with Gasteiger partial charge in [0, 0.05) is 43.2 Å². The van der Waals surface area contributed by atoms with Crippen molar-refractivity contribution in [2.24, 2.45) is 0 Å². The Kier molecular flexibility index (Phi) is 8.27. The van der Waals surface area contributed by atoms with Gasteiger partial charge in [-0.25, -0.2) is 4.39 Å². The van der Waals surface area contributed by atoms with Crippen molar-refractivity contribution in [3.05, 3.63) is 52.5 Å². The van der Waals surface area contributed by atoms with E-state index in [-0.39, 0.29) is 17.5 Å². The molecule has 1 aromatic carbocycles. The first-order chi connectivity index (χ1) is 15.7. The molecular weight excluding hydrogens is 449 g/mol. The monoisotopic (exact) mass is 475 g/mol. The molecule has 32 heavy (non-hydrogen) atoms. The number of rotatable bonds is 10. The fraction of sp³-hybridized carbons (Fsp3) is 0.409. The number of benzene rings is 1. The molecule has 0 unspecified atom stereocenters. The van der Waals surface area contributed by atoms with Gasteiger partial charge in [-0.1, -0.05) is 17.8 Å². The predicted molar refractivity (Wildman–Crippen MR) is 124 cm³/mol. The van der Waals surface area contributed by atoms with Gasteiger partial charge >= 0.3 is 0 Å². The Morgan fingerprint density at radius 1 is 1.16 bits per heavy atom. The van der Waals surface area contributed by atoms with Crippen LogP contribution in [-0.4, -0.2) is 70.7 Å². The van der Waals surface area contributed by atoms with Crippen LogP contribution in [0.15, 0.2) is 46.9 Å². The Hall–Kier alpha value is -2.27. The number of aromatic nitrogens is 3. The Balaban J connectivity index is 1.39. The Bertz CT molecular complexity index is 988. The van der Waals surface area contributed by atoms with Crippen LogP contribution in [0.4, 0.5) is 4.39 Å². The third kappa shape index (κ3) is 6.38. The van der Waals surface area contributed by atoms with E-state index in [0.717, 1.165) is 44.8 Å². The van der Waals surface area contributed by atoms with Gasteiger partial charge in [0.25, 0.3) is 0 Å². The number of hydrogen-bond acceptors (Lipinski definition) is 7. The van der Waals surface area contributed by atoms with Gasteiger partial charge in [-0.15, -0.1) is 21.5 Å². The number of thioether (sulfide) groups is 1. The maximum absolute atomic E-state index is 13.4. The lowest BCUT2D eigenvalue weighted by atomic mass is 10.2. The van der Waals surface area contributed by atoms with Crippen LogP contribution < -0.4 is 5.32 Å². The van der Waals surface area contributed by atoms with E-state index < -0.39 is 0 Å². The maximum atomic E-state index is 13.4. The van der Waals surface area contributed by atoms with Crippen LogP contribution in [0.3, 0.4) is 0 Å². The summed E-state index contributed by atoms with van der Waals surface area (Å²) in [6.07, 6.45) is 0.832. The van der Waals surface area contributed by atoms with Gasteiger partial charge in [0.1, 0.15) is 5.82 Å². The molecule has 4 rings (SSSR count). The zero-order valence-corrected chi connectivity index (χ0v) is 19.3. The highest BCUT2D eigenvalue weighted by atomic mass is 32.2. The van der Waals surface area contributed by atoms with Gasteiger partial charge in [-0.3, -0.25) is 9.69 Å². The van der Waals surface area contributed by atoms with E-state index in [1.807, 2.05) is 16.0 Å². The van der Waals surface area contributed by atoms with Gasteiger partial charge in [0.05, 0.1) is 19.0 Å². The summed E-state index contributed by atoms with van der Waals surface area (Å²) in [6.45, 7) is 5.38.